The Labute approximate surface area is 130 Å². The van der Waals surface area contributed by atoms with E-state index in [0.29, 0.717) is 12.4 Å². The van der Waals surface area contributed by atoms with E-state index < -0.39 is 5.54 Å². The van der Waals surface area contributed by atoms with Crippen LogP contribution in [0.2, 0.25) is 0 Å². The number of fused-ring (bicyclic) bond motifs is 1. The number of nitrogens with one attached hydrogen (secondary N) is 1. The molecule has 5 nitrogen and oxygen atoms in total. The van der Waals surface area contributed by atoms with Crippen LogP contribution < -0.4 is 5.32 Å². The number of aryl methyl sites for hydroxylation is 2. The summed E-state index contributed by atoms with van der Waals surface area (Å²) in [6.07, 6.45) is 4.91. The minimum atomic E-state index is -0.394. The van der Waals surface area contributed by atoms with E-state index in [1.54, 1.807) is 0 Å². The number of benzene rings is 1. The Morgan fingerprint density at radius 2 is 2.23 bits per heavy atom. The zero-order chi connectivity index (χ0) is 15.4. The van der Waals surface area contributed by atoms with Gasteiger partial charge in [0.25, 0.3) is 0 Å². The summed E-state index contributed by atoms with van der Waals surface area (Å²) in [5, 5.41) is 17.4. The molecule has 118 valence electrons. The average Bonchev–Trinajstić information content (AvgIpc) is 3.16. The summed E-state index contributed by atoms with van der Waals surface area (Å²) in [5.41, 5.74) is 2.09. The Morgan fingerprint density at radius 1 is 1.36 bits per heavy atom. The lowest BCUT2D eigenvalue weighted by Crippen LogP contribution is -2.43. The van der Waals surface area contributed by atoms with Gasteiger partial charge in [0.15, 0.2) is 5.82 Å². The van der Waals surface area contributed by atoms with Crippen molar-refractivity contribution in [3.05, 3.63) is 47.1 Å². The van der Waals surface area contributed by atoms with Crippen LogP contribution in [0.25, 0.3) is 0 Å². The van der Waals surface area contributed by atoms with Crippen molar-refractivity contribution in [2.45, 2.75) is 51.1 Å². The standard InChI is InChI=1S/C17H23N3O2/c1-2-3-8-15-19-16(22-20-15)11-18-17(12-21)10-9-13-6-4-5-7-14(13)17/h4-7,18,21H,2-3,8-12H2,1H3. The van der Waals surface area contributed by atoms with Gasteiger partial charge in [0.2, 0.25) is 5.89 Å². The van der Waals surface area contributed by atoms with Crippen molar-refractivity contribution in [2.24, 2.45) is 0 Å². The Balaban J connectivity index is 1.68. The topological polar surface area (TPSA) is 71.2 Å². The van der Waals surface area contributed by atoms with E-state index in [1.807, 2.05) is 12.1 Å². The van der Waals surface area contributed by atoms with Crippen LogP contribution in [0.15, 0.2) is 28.8 Å². The van der Waals surface area contributed by atoms with Crippen molar-refractivity contribution >= 4 is 0 Å². The maximum Gasteiger partial charge on any atom is 0.240 e. The van der Waals surface area contributed by atoms with Crippen LogP contribution in [0.3, 0.4) is 0 Å². The lowest BCUT2D eigenvalue weighted by atomic mass is 9.92. The maximum absolute atomic E-state index is 9.93. The highest BCUT2D eigenvalue weighted by Gasteiger charge is 2.37. The second kappa shape index (κ2) is 6.58. The monoisotopic (exact) mass is 301 g/mol. The SMILES string of the molecule is CCCCc1noc(CNC2(CO)CCc3ccccc32)n1. The summed E-state index contributed by atoms with van der Waals surface area (Å²) in [7, 11) is 0. The van der Waals surface area contributed by atoms with E-state index in [4.69, 9.17) is 4.52 Å². The molecule has 0 saturated heterocycles. The normalized spacial score (nSPS) is 20.3. The largest absolute Gasteiger partial charge is 0.394 e. The molecule has 2 N–H and O–H groups in total. The number of hydrogen-bond acceptors (Lipinski definition) is 5. The zero-order valence-electron chi connectivity index (χ0n) is 13.0. The molecule has 0 saturated carbocycles. The van der Waals surface area contributed by atoms with Gasteiger partial charge in [0, 0.05) is 6.42 Å². The third kappa shape index (κ3) is 2.91. The van der Waals surface area contributed by atoms with Gasteiger partial charge < -0.3 is 9.63 Å². The van der Waals surface area contributed by atoms with Crippen molar-refractivity contribution in [2.75, 3.05) is 6.61 Å². The van der Waals surface area contributed by atoms with Gasteiger partial charge in [-0.25, -0.2) is 0 Å². The number of aliphatic hydroxyl groups is 1. The van der Waals surface area contributed by atoms with Crippen LogP contribution in [0.1, 0.15) is 49.0 Å². The lowest BCUT2D eigenvalue weighted by Gasteiger charge is -2.29. The summed E-state index contributed by atoms with van der Waals surface area (Å²) in [4.78, 5) is 4.41. The van der Waals surface area contributed by atoms with Gasteiger partial charge in [-0.3, -0.25) is 5.32 Å². The second-order valence-corrected chi connectivity index (χ2v) is 5.96. The molecular weight excluding hydrogens is 278 g/mol. The quantitative estimate of drug-likeness (QED) is 0.821. The number of hydrogen-bond donors (Lipinski definition) is 2. The molecule has 0 bridgehead atoms. The molecule has 3 rings (SSSR count). The van der Waals surface area contributed by atoms with Crippen LogP contribution >= 0.6 is 0 Å². The van der Waals surface area contributed by atoms with Crippen LogP contribution in [0.4, 0.5) is 0 Å². The van der Waals surface area contributed by atoms with Gasteiger partial charge in [-0.15, -0.1) is 0 Å². The Morgan fingerprint density at radius 3 is 3.05 bits per heavy atom. The van der Waals surface area contributed by atoms with Gasteiger partial charge in [-0.2, -0.15) is 4.98 Å². The number of aliphatic hydroxyl groups excluding tert-OH is 1. The number of unbranched alkanes of at least 4 members (excludes halogenated alkanes) is 1. The van der Waals surface area contributed by atoms with E-state index in [0.717, 1.165) is 37.9 Å². The Hall–Kier alpha value is -1.72. The van der Waals surface area contributed by atoms with Crippen LogP contribution in [-0.4, -0.2) is 21.9 Å². The smallest absolute Gasteiger partial charge is 0.240 e. The van der Waals surface area contributed by atoms with Crippen molar-refractivity contribution < 1.29 is 9.63 Å². The van der Waals surface area contributed by atoms with Crippen molar-refractivity contribution in [1.29, 1.82) is 0 Å². The summed E-state index contributed by atoms with van der Waals surface area (Å²) >= 11 is 0. The van der Waals surface area contributed by atoms with Gasteiger partial charge >= 0.3 is 0 Å². The molecule has 5 heteroatoms. The Kier molecular flexibility index (Phi) is 4.55. The molecule has 1 aliphatic carbocycles. The summed E-state index contributed by atoms with van der Waals surface area (Å²) in [6, 6.07) is 8.28. The Bertz CT molecular complexity index is 626. The third-order valence-electron chi connectivity index (χ3n) is 4.47. The lowest BCUT2D eigenvalue weighted by molar-refractivity contribution is 0.154. The highest BCUT2D eigenvalue weighted by molar-refractivity contribution is 5.38. The molecule has 0 radical (unpaired) electrons. The summed E-state index contributed by atoms with van der Waals surface area (Å²) in [6.45, 7) is 2.69. The average molecular weight is 301 g/mol. The predicted molar refractivity (Wildman–Crippen MR) is 83.3 cm³/mol. The molecule has 1 unspecified atom stereocenters. The maximum atomic E-state index is 9.93. The fraction of sp³-hybridized carbons (Fsp3) is 0.529. The molecule has 1 aromatic carbocycles. The number of nitrogens with zero attached hydrogens (tertiary/aromatic N) is 2. The highest BCUT2D eigenvalue weighted by Crippen LogP contribution is 2.36. The van der Waals surface area contributed by atoms with Crippen LogP contribution in [0.5, 0.6) is 0 Å². The van der Waals surface area contributed by atoms with Crippen molar-refractivity contribution in [1.82, 2.24) is 15.5 Å². The molecule has 0 amide bonds. The van der Waals surface area contributed by atoms with Crippen molar-refractivity contribution in [3.63, 3.8) is 0 Å². The summed E-state index contributed by atoms with van der Waals surface area (Å²) < 4.78 is 5.29. The van der Waals surface area contributed by atoms with E-state index >= 15 is 0 Å². The van der Waals surface area contributed by atoms with Crippen molar-refractivity contribution in [3.8, 4) is 0 Å². The first-order valence-corrected chi connectivity index (χ1v) is 8.03. The molecule has 1 heterocycles. The second-order valence-electron chi connectivity index (χ2n) is 5.96. The molecule has 0 fully saturated rings. The zero-order valence-corrected chi connectivity index (χ0v) is 13.0. The number of rotatable bonds is 7. The molecule has 1 aromatic heterocycles. The molecule has 1 aliphatic rings. The summed E-state index contributed by atoms with van der Waals surface area (Å²) in [5.74, 6) is 1.35. The minimum absolute atomic E-state index is 0.0703. The van der Waals surface area contributed by atoms with Gasteiger partial charge in [0.05, 0.1) is 18.7 Å². The fourth-order valence-corrected chi connectivity index (χ4v) is 3.13. The van der Waals surface area contributed by atoms with E-state index in [2.05, 4.69) is 34.5 Å². The first-order valence-electron chi connectivity index (χ1n) is 8.03. The number of aromatic nitrogens is 2. The molecular formula is C17H23N3O2. The molecule has 22 heavy (non-hydrogen) atoms. The molecule has 0 spiro atoms. The van der Waals surface area contributed by atoms with E-state index in [-0.39, 0.29) is 6.61 Å². The van der Waals surface area contributed by atoms with Gasteiger partial charge in [0.1, 0.15) is 0 Å². The molecule has 2 aromatic rings. The molecule has 1 atom stereocenters. The minimum Gasteiger partial charge on any atom is -0.394 e. The van der Waals surface area contributed by atoms with Gasteiger partial charge in [-0.1, -0.05) is 42.8 Å². The predicted octanol–water partition coefficient (Wildman–Crippen LogP) is 2.34. The molecule has 0 aliphatic heterocycles. The fourth-order valence-electron chi connectivity index (χ4n) is 3.13. The first-order chi connectivity index (χ1) is 10.8. The highest BCUT2D eigenvalue weighted by atomic mass is 16.5. The van der Waals surface area contributed by atoms with E-state index in [1.165, 1.54) is 11.1 Å². The van der Waals surface area contributed by atoms with E-state index in [9.17, 15) is 5.11 Å². The van der Waals surface area contributed by atoms with Crippen LogP contribution in [-0.2, 0) is 24.9 Å². The third-order valence-corrected chi connectivity index (χ3v) is 4.47. The first kappa shape index (κ1) is 15.2. The van der Waals surface area contributed by atoms with Gasteiger partial charge in [-0.05, 0) is 30.4 Å². The van der Waals surface area contributed by atoms with Crippen LogP contribution in [0, 0.1) is 0 Å².